The fourth-order valence-electron chi connectivity index (χ4n) is 2.31. The number of aromatic nitrogens is 1. The molecule has 2 N–H and O–H groups in total. The van der Waals surface area contributed by atoms with E-state index in [2.05, 4.69) is 41.4 Å². The van der Waals surface area contributed by atoms with Gasteiger partial charge in [-0.25, -0.2) is 9.37 Å². The van der Waals surface area contributed by atoms with E-state index in [0.717, 1.165) is 30.7 Å². The summed E-state index contributed by atoms with van der Waals surface area (Å²) >= 11 is 0. The van der Waals surface area contributed by atoms with Gasteiger partial charge in [0.25, 0.3) is 0 Å². The second-order valence-electron chi connectivity index (χ2n) is 6.95. The minimum Gasteiger partial charge on any atom is -0.443 e. The first-order valence-corrected chi connectivity index (χ1v) is 8.52. The summed E-state index contributed by atoms with van der Waals surface area (Å²) in [4.78, 5) is 8.47. The van der Waals surface area contributed by atoms with Crippen molar-refractivity contribution in [2.24, 2.45) is 4.99 Å². The molecule has 0 amide bonds. The van der Waals surface area contributed by atoms with E-state index in [-0.39, 0.29) is 11.2 Å². The van der Waals surface area contributed by atoms with Crippen LogP contribution in [0.5, 0.6) is 0 Å². The van der Waals surface area contributed by atoms with Crippen LogP contribution in [0.2, 0.25) is 0 Å². The van der Waals surface area contributed by atoms with E-state index in [1.807, 2.05) is 6.07 Å². The van der Waals surface area contributed by atoms with Gasteiger partial charge in [0, 0.05) is 19.0 Å². The Kier molecular flexibility index (Phi) is 6.56. The van der Waals surface area contributed by atoms with Crippen LogP contribution in [0, 0.1) is 5.82 Å². The summed E-state index contributed by atoms with van der Waals surface area (Å²) in [6.07, 6.45) is 3.47. The van der Waals surface area contributed by atoms with Gasteiger partial charge in [-0.15, -0.1) is 0 Å². The summed E-state index contributed by atoms with van der Waals surface area (Å²) in [5.74, 6) is 1.99. The van der Waals surface area contributed by atoms with Crippen molar-refractivity contribution in [3.63, 3.8) is 0 Å². The molecule has 0 bridgehead atoms. The molecule has 0 saturated heterocycles. The number of nitrogens with one attached hydrogen (secondary N) is 2. The molecule has 1 aromatic heterocycles. The second kappa shape index (κ2) is 8.65. The maximum atomic E-state index is 13.1. The molecule has 1 heterocycles. The summed E-state index contributed by atoms with van der Waals surface area (Å²) in [6, 6.07) is 6.70. The quantitative estimate of drug-likeness (QED) is 0.478. The highest BCUT2D eigenvalue weighted by atomic mass is 19.1. The molecule has 0 fully saturated rings. The normalized spacial score (nSPS) is 12.3. The van der Waals surface area contributed by atoms with Gasteiger partial charge in [0.2, 0.25) is 5.89 Å². The van der Waals surface area contributed by atoms with Crippen molar-refractivity contribution in [3.05, 3.63) is 53.5 Å². The highest BCUT2D eigenvalue weighted by Gasteiger charge is 2.19. The van der Waals surface area contributed by atoms with Crippen LogP contribution in [-0.4, -0.2) is 24.5 Å². The Bertz CT molecular complexity index is 703. The summed E-state index contributed by atoms with van der Waals surface area (Å²) in [5, 5.41) is 6.42. The van der Waals surface area contributed by atoms with Crippen LogP contribution in [0.25, 0.3) is 0 Å². The molecule has 136 valence electrons. The van der Waals surface area contributed by atoms with Gasteiger partial charge >= 0.3 is 0 Å². The van der Waals surface area contributed by atoms with Gasteiger partial charge in [-0.2, -0.15) is 0 Å². The number of aliphatic imine (C=N–C) groups is 1. The topological polar surface area (TPSA) is 62.5 Å². The van der Waals surface area contributed by atoms with Gasteiger partial charge in [-0.3, -0.25) is 4.99 Å². The first-order chi connectivity index (χ1) is 11.9. The van der Waals surface area contributed by atoms with Crippen LogP contribution < -0.4 is 10.6 Å². The molecule has 0 radical (unpaired) electrons. The molecule has 0 saturated carbocycles. The molecule has 0 aliphatic heterocycles. The van der Waals surface area contributed by atoms with Crippen LogP contribution in [-0.2, 0) is 18.4 Å². The third-order valence-electron chi connectivity index (χ3n) is 3.75. The fraction of sp³-hybridized carbons (Fsp3) is 0.474. The first kappa shape index (κ1) is 19.0. The average molecular weight is 346 g/mol. The van der Waals surface area contributed by atoms with Crippen LogP contribution in [0.1, 0.15) is 44.4 Å². The lowest BCUT2D eigenvalue weighted by molar-refractivity contribution is 0.379. The van der Waals surface area contributed by atoms with Crippen molar-refractivity contribution >= 4 is 5.96 Å². The number of halogens is 1. The van der Waals surface area contributed by atoms with E-state index in [0.29, 0.717) is 18.4 Å². The zero-order valence-electron chi connectivity index (χ0n) is 15.4. The zero-order chi connectivity index (χ0) is 18.3. The fourth-order valence-corrected chi connectivity index (χ4v) is 2.31. The van der Waals surface area contributed by atoms with Gasteiger partial charge < -0.3 is 15.1 Å². The molecule has 6 heteroatoms. The lowest BCUT2D eigenvalue weighted by atomic mass is 9.94. The van der Waals surface area contributed by atoms with Gasteiger partial charge in [-0.05, 0) is 30.5 Å². The Morgan fingerprint density at radius 1 is 1.28 bits per heavy atom. The molecule has 25 heavy (non-hydrogen) atoms. The van der Waals surface area contributed by atoms with Crippen molar-refractivity contribution in [2.45, 2.75) is 45.6 Å². The number of hydrogen-bond acceptors (Lipinski definition) is 3. The highest BCUT2D eigenvalue weighted by Crippen LogP contribution is 2.22. The molecule has 0 spiro atoms. The van der Waals surface area contributed by atoms with Crippen molar-refractivity contribution < 1.29 is 8.81 Å². The van der Waals surface area contributed by atoms with Crippen LogP contribution in [0.3, 0.4) is 0 Å². The maximum Gasteiger partial charge on any atom is 0.213 e. The molecule has 2 aromatic rings. The van der Waals surface area contributed by atoms with Crippen molar-refractivity contribution in [2.75, 3.05) is 13.6 Å². The number of oxazole rings is 1. The average Bonchev–Trinajstić information content (AvgIpc) is 3.03. The number of nitrogens with zero attached hydrogens (tertiary/aromatic N) is 2. The predicted octanol–water partition coefficient (Wildman–Crippen LogP) is 3.41. The summed E-state index contributed by atoms with van der Waals surface area (Å²) in [7, 11) is 1.72. The Hall–Kier alpha value is -2.37. The van der Waals surface area contributed by atoms with Gasteiger partial charge in [0.05, 0.1) is 12.7 Å². The van der Waals surface area contributed by atoms with Crippen molar-refractivity contribution in [1.29, 1.82) is 0 Å². The van der Waals surface area contributed by atoms with E-state index in [1.165, 1.54) is 6.07 Å². The smallest absolute Gasteiger partial charge is 0.213 e. The molecule has 0 aliphatic rings. The minimum absolute atomic E-state index is 0.0535. The molecular formula is C19H27FN4O. The largest absolute Gasteiger partial charge is 0.443 e. The van der Waals surface area contributed by atoms with E-state index in [4.69, 9.17) is 4.42 Å². The van der Waals surface area contributed by atoms with E-state index in [9.17, 15) is 4.39 Å². The third kappa shape index (κ3) is 6.21. The van der Waals surface area contributed by atoms with E-state index in [1.54, 1.807) is 25.4 Å². The highest BCUT2D eigenvalue weighted by molar-refractivity contribution is 5.79. The Morgan fingerprint density at radius 3 is 2.72 bits per heavy atom. The number of hydrogen-bond donors (Lipinski definition) is 2. The lowest BCUT2D eigenvalue weighted by Gasteiger charge is -2.13. The van der Waals surface area contributed by atoms with Gasteiger partial charge in [0.1, 0.15) is 11.6 Å². The van der Waals surface area contributed by atoms with Crippen LogP contribution in [0.15, 0.2) is 39.9 Å². The molecule has 0 unspecified atom stereocenters. The molecular weight excluding hydrogens is 319 g/mol. The first-order valence-electron chi connectivity index (χ1n) is 8.52. The number of rotatable bonds is 6. The zero-order valence-corrected chi connectivity index (χ0v) is 15.4. The Labute approximate surface area is 148 Å². The standard InChI is InChI=1S/C19H27FN4O/c1-19(2,3)16-12-23-17(25-16)13-24-18(21-4)22-10-6-8-14-7-5-9-15(20)11-14/h5,7,9,11-12H,6,8,10,13H2,1-4H3,(H2,21,22,24). The summed E-state index contributed by atoms with van der Waals surface area (Å²) in [5.41, 5.74) is 0.946. The SMILES string of the molecule is CN=C(NCCCc1cccc(F)c1)NCc1ncc(C(C)(C)C)o1. The van der Waals surface area contributed by atoms with Crippen molar-refractivity contribution in [3.8, 4) is 0 Å². The molecule has 1 aromatic carbocycles. The number of benzene rings is 1. The lowest BCUT2D eigenvalue weighted by Crippen LogP contribution is -2.37. The van der Waals surface area contributed by atoms with Crippen LogP contribution in [0.4, 0.5) is 4.39 Å². The second-order valence-corrected chi connectivity index (χ2v) is 6.95. The number of guanidine groups is 1. The van der Waals surface area contributed by atoms with E-state index >= 15 is 0 Å². The van der Waals surface area contributed by atoms with E-state index < -0.39 is 0 Å². The van der Waals surface area contributed by atoms with Gasteiger partial charge in [-0.1, -0.05) is 32.9 Å². The Balaban J connectivity index is 1.73. The predicted molar refractivity (Wildman–Crippen MR) is 98.1 cm³/mol. The summed E-state index contributed by atoms with van der Waals surface area (Å²) < 4.78 is 18.9. The molecule has 2 rings (SSSR count). The van der Waals surface area contributed by atoms with Gasteiger partial charge in [0.15, 0.2) is 5.96 Å². The molecule has 0 atom stereocenters. The number of aryl methyl sites for hydroxylation is 1. The Morgan fingerprint density at radius 2 is 2.08 bits per heavy atom. The monoisotopic (exact) mass is 346 g/mol. The van der Waals surface area contributed by atoms with Crippen LogP contribution >= 0.6 is 0 Å². The molecule has 0 aliphatic carbocycles. The maximum absolute atomic E-state index is 13.1. The molecule has 5 nitrogen and oxygen atoms in total. The van der Waals surface area contributed by atoms with Crippen molar-refractivity contribution in [1.82, 2.24) is 15.6 Å². The summed E-state index contributed by atoms with van der Waals surface area (Å²) in [6.45, 7) is 7.48. The minimum atomic E-state index is -0.191. The third-order valence-corrected chi connectivity index (χ3v) is 3.75.